The predicted molar refractivity (Wildman–Crippen MR) is 114 cm³/mol. The van der Waals surface area contributed by atoms with Gasteiger partial charge in [-0.25, -0.2) is 0 Å². The second-order valence-corrected chi connectivity index (χ2v) is 8.45. The summed E-state index contributed by atoms with van der Waals surface area (Å²) < 4.78 is 10.9. The van der Waals surface area contributed by atoms with Gasteiger partial charge in [0.25, 0.3) is 11.8 Å². The zero-order valence-corrected chi connectivity index (χ0v) is 18.0. The van der Waals surface area contributed by atoms with E-state index in [9.17, 15) is 9.59 Å². The fraction of sp³-hybridized carbons (Fsp3) is 0.455. The van der Waals surface area contributed by atoms with Crippen molar-refractivity contribution >= 4 is 23.2 Å². The molecule has 1 heterocycles. The van der Waals surface area contributed by atoms with Crippen LogP contribution in [-0.4, -0.2) is 32.1 Å². The molecule has 156 valence electrons. The Morgan fingerprint density at radius 2 is 2.03 bits per heavy atom. The van der Waals surface area contributed by atoms with Crippen LogP contribution in [0.2, 0.25) is 0 Å². The van der Waals surface area contributed by atoms with Gasteiger partial charge in [0, 0.05) is 18.0 Å². The Hall–Kier alpha value is -2.54. The van der Waals surface area contributed by atoms with Gasteiger partial charge in [0.15, 0.2) is 18.1 Å². The molecule has 0 spiro atoms. The SMILES string of the molecule is CCNC(=O)COc1ccc(CNC(=O)c2cc3c(s2)CCC(C)C3)cc1OC. The molecule has 6 nitrogen and oxygen atoms in total. The first-order valence-corrected chi connectivity index (χ1v) is 10.8. The molecular weight excluding hydrogens is 388 g/mol. The average molecular weight is 417 g/mol. The molecule has 0 aliphatic heterocycles. The highest BCUT2D eigenvalue weighted by molar-refractivity contribution is 7.14. The molecule has 3 rings (SSSR count). The Morgan fingerprint density at radius 3 is 2.79 bits per heavy atom. The molecule has 1 aliphatic carbocycles. The van der Waals surface area contributed by atoms with Gasteiger partial charge in [-0.1, -0.05) is 13.0 Å². The number of carbonyl (C=O) groups excluding carboxylic acids is 2. The molecule has 2 aromatic rings. The van der Waals surface area contributed by atoms with E-state index in [1.807, 2.05) is 25.1 Å². The molecule has 0 radical (unpaired) electrons. The maximum atomic E-state index is 12.6. The second kappa shape index (κ2) is 9.78. The molecule has 1 aromatic carbocycles. The second-order valence-electron chi connectivity index (χ2n) is 7.32. The summed E-state index contributed by atoms with van der Waals surface area (Å²) in [4.78, 5) is 26.3. The standard InChI is InChI=1S/C22H28N2O4S/c1-4-23-21(25)13-28-17-7-6-15(10-18(17)27-3)12-24-22(26)20-11-16-9-14(2)5-8-19(16)29-20/h6-7,10-11,14H,4-5,8-9,12-13H2,1-3H3,(H,23,25)(H,24,26). The number of likely N-dealkylation sites (N-methyl/N-ethyl adjacent to an activating group) is 1. The lowest BCUT2D eigenvalue weighted by Crippen LogP contribution is -2.28. The van der Waals surface area contributed by atoms with Crippen LogP contribution in [0.25, 0.3) is 0 Å². The van der Waals surface area contributed by atoms with Crippen molar-refractivity contribution in [2.45, 2.75) is 39.7 Å². The molecule has 0 saturated carbocycles. The van der Waals surface area contributed by atoms with Gasteiger partial charge in [-0.15, -0.1) is 11.3 Å². The highest BCUT2D eigenvalue weighted by atomic mass is 32.1. The minimum Gasteiger partial charge on any atom is -0.493 e. The minimum atomic E-state index is -0.182. The van der Waals surface area contributed by atoms with E-state index in [1.165, 1.54) is 16.9 Å². The number of rotatable bonds is 8. The van der Waals surface area contributed by atoms with Crippen molar-refractivity contribution in [3.8, 4) is 11.5 Å². The minimum absolute atomic E-state index is 0.0485. The number of amides is 2. The van der Waals surface area contributed by atoms with Crippen LogP contribution in [0.1, 0.15) is 45.9 Å². The molecule has 2 amide bonds. The van der Waals surface area contributed by atoms with E-state index < -0.39 is 0 Å². The van der Waals surface area contributed by atoms with Gasteiger partial charge in [0.1, 0.15) is 0 Å². The maximum Gasteiger partial charge on any atom is 0.261 e. The fourth-order valence-corrected chi connectivity index (χ4v) is 4.54. The number of ether oxygens (including phenoxy) is 2. The monoisotopic (exact) mass is 416 g/mol. The Bertz CT molecular complexity index is 878. The van der Waals surface area contributed by atoms with E-state index in [-0.39, 0.29) is 18.4 Å². The van der Waals surface area contributed by atoms with Crippen molar-refractivity contribution < 1.29 is 19.1 Å². The van der Waals surface area contributed by atoms with Crippen molar-refractivity contribution in [1.29, 1.82) is 0 Å². The smallest absolute Gasteiger partial charge is 0.261 e. The lowest BCUT2D eigenvalue weighted by atomic mass is 9.90. The van der Waals surface area contributed by atoms with E-state index in [0.29, 0.717) is 30.5 Å². The van der Waals surface area contributed by atoms with Crippen molar-refractivity contribution in [2.24, 2.45) is 5.92 Å². The first-order valence-electron chi connectivity index (χ1n) is 9.96. The third-order valence-electron chi connectivity index (χ3n) is 4.97. The predicted octanol–water partition coefficient (Wildman–Crippen LogP) is 3.33. The lowest BCUT2D eigenvalue weighted by Gasteiger charge is -2.16. The van der Waals surface area contributed by atoms with E-state index in [4.69, 9.17) is 9.47 Å². The van der Waals surface area contributed by atoms with Gasteiger partial charge in [0.2, 0.25) is 0 Å². The third kappa shape index (κ3) is 5.50. The van der Waals surface area contributed by atoms with Crippen LogP contribution in [-0.2, 0) is 24.2 Å². The number of nitrogens with one attached hydrogen (secondary N) is 2. The highest BCUT2D eigenvalue weighted by Crippen LogP contribution is 2.32. The number of aryl methyl sites for hydroxylation is 1. The number of methoxy groups -OCH3 is 1. The molecule has 29 heavy (non-hydrogen) atoms. The van der Waals surface area contributed by atoms with E-state index >= 15 is 0 Å². The summed E-state index contributed by atoms with van der Waals surface area (Å²) in [6.07, 6.45) is 3.33. The van der Waals surface area contributed by atoms with E-state index in [0.717, 1.165) is 23.3 Å². The van der Waals surface area contributed by atoms with Crippen molar-refractivity contribution in [2.75, 3.05) is 20.3 Å². The molecule has 1 aliphatic rings. The third-order valence-corrected chi connectivity index (χ3v) is 6.20. The summed E-state index contributed by atoms with van der Waals surface area (Å²) in [5.41, 5.74) is 2.23. The Balaban J connectivity index is 1.59. The number of hydrogen-bond acceptors (Lipinski definition) is 5. The van der Waals surface area contributed by atoms with Gasteiger partial charge in [-0.3, -0.25) is 9.59 Å². The largest absolute Gasteiger partial charge is 0.493 e. The van der Waals surface area contributed by atoms with E-state index in [2.05, 4.69) is 17.6 Å². The van der Waals surface area contributed by atoms with Gasteiger partial charge in [-0.05, 0) is 61.4 Å². The zero-order chi connectivity index (χ0) is 20.8. The number of benzene rings is 1. The first kappa shape index (κ1) is 21.2. The number of hydrogen-bond donors (Lipinski definition) is 2. The van der Waals surface area contributed by atoms with Gasteiger partial charge >= 0.3 is 0 Å². The normalized spacial score (nSPS) is 15.3. The summed E-state index contributed by atoms with van der Waals surface area (Å²) in [7, 11) is 1.55. The summed E-state index contributed by atoms with van der Waals surface area (Å²) in [6, 6.07) is 7.47. The quantitative estimate of drug-likeness (QED) is 0.692. The summed E-state index contributed by atoms with van der Waals surface area (Å²) in [6.45, 7) is 5.00. The summed E-state index contributed by atoms with van der Waals surface area (Å²) in [5.74, 6) is 1.48. The molecule has 0 bridgehead atoms. The van der Waals surface area contributed by atoms with Gasteiger partial charge < -0.3 is 20.1 Å². The summed E-state index contributed by atoms with van der Waals surface area (Å²) in [5, 5.41) is 5.67. The van der Waals surface area contributed by atoms with Crippen molar-refractivity contribution in [1.82, 2.24) is 10.6 Å². The first-order chi connectivity index (χ1) is 14.0. The molecule has 1 atom stereocenters. The topological polar surface area (TPSA) is 76.7 Å². The average Bonchev–Trinajstić information content (AvgIpc) is 3.14. The van der Waals surface area contributed by atoms with Gasteiger partial charge in [0.05, 0.1) is 12.0 Å². The number of carbonyl (C=O) groups is 2. The van der Waals surface area contributed by atoms with Crippen LogP contribution < -0.4 is 20.1 Å². The summed E-state index contributed by atoms with van der Waals surface area (Å²) >= 11 is 1.61. The maximum absolute atomic E-state index is 12.6. The number of thiophene rings is 1. The molecule has 0 saturated heterocycles. The van der Waals surface area contributed by atoms with Crippen LogP contribution in [0.3, 0.4) is 0 Å². The van der Waals surface area contributed by atoms with Crippen LogP contribution in [0, 0.1) is 5.92 Å². The highest BCUT2D eigenvalue weighted by Gasteiger charge is 2.20. The van der Waals surface area contributed by atoms with Crippen LogP contribution in [0.4, 0.5) is 0 Å². The zero-order valence-electron chi connectivity index (χ0n) is 17.2. The molecule has 7 heteroatoms. The van der Waals surface area contributed by atoms with Crippen LogP contribution >= 0.6 is 11.3 Å². The Kier molecular flexibility index (Phi) is 7.14. The molecule has 1 unspecified atom stereocenters. The molecule has 2 N–H and O–H groups in total. The van der Waals surface area contributed by atoms with Gasteiger partial charge in [-0.2, -0.15) is 0 Å². The number of fused-ring (bicyclic) bond motifs is 1. The lowest BCUT2D eigenvalue weighted by molar-refractivity contribution is -0.123. The Morgan fingerprint density at radius 1 is 1.21 bits per heavy atom. The Labute approximate surface area is 175 Å². The molecule has 0 fully saturated rings. The van der Waals surface area contributed by atoms with Crippen molar-refractivity contribution in [3.63, 3.8) is 0 Å². The molecular formula is C22H28N2O4S. The molecule has 1 aromatic heterocycles. The van der Waals surface area contributed by atoms with Crippen LogP contribution in [0.5, 0.6) is 11.5 Å². The van der Waals surface area contributed by atoms with Crippen LogP contribution in [0.15, 0.2) is 24.3 Å². The van der Waals surface area contributed by atoms with Crippen molar-refractivity contribution in [3.05, 3.63) is 45.1 Å². The fourth-order valence-electron chi connectivity index (χ4n) is 3.42. The van der Waals surface area contributed by atoms with E-state index in [1.54, 1.807) is 24.5 Å².